The van der Waals surface area contributed by atoms with Crippen LogP contribution in [0.2, 0.25) is 0 Å². The number of hydrogen-bond donors (Lipinski definition) is 1. The first-order valence-corrected chi connectivity index (χ1v) is 10.2. The van der Waals surface area contributed by atoms with E-state index in [0.717, 1.165) is 26.1 Å². The molecule has 0 saturated heterocycles. The summed E-state index contributed by atoms with van der Waals surface area (Å²) < 4.78 is 5.53. The Morgan fingerprint density at radius 2 is 2.04 bits per heavy atom. The van der Waals surface area contributed by atoms with Crippen LogP contribution in [0.5, 0.6) is 5.75 Å². The van der Waals surface area contributed by atoms with Crippen molar-refractivity contribution in [3.63, 3.8) is 0 Å². The van der Waals surface area contributed by atoms with Crippen LogP contribution in [0.25, 0.3) is 11.3 Å². The highest BCUT2D eigenvalue weighted by Crippen LogP contribution is 2.37. The number of fused-ring (bicyclic) bond motifs is 1. The van der Waals surface area contributed by atoms with Gasteiger partial charge in [-0.1, -0.05) is 11.3 Å². The molecule has 1 aliphatic rings. The van der Waals surface area contributed by atoms with Gasteiger partial charge in [-0.3, -0.25) is 19.8 Å². The highest BCUT2D eigenvalue weighted by atomic mass is 32.1. The zero-order chi connectivity index (χ0) is 19.8. The van der Waals surface area contributed by atoms with E-state index in [9.17, 15) is 9.59 Å². The fraction of sp³-hybridized carbons (Fsp3) is 0.278. The van der Waals surface area contributed by atoms with Crippen LogP contribution in [0.1, 0.15) is 14.9 Å². The predicted molar refractivity (Wildman–Crippen MR) is 108 cm³/mol. The topological polar surface area (TPSA) is 97.3 Å². The van der Waals surface area contributed by atoms with E-state index in [4.69, 9.17) is 4.74 Å². The van der Waals surface area contributed by atoms with Gasteiger partial charge in [0.15, 0.2) is 6.61 Å². The minimum Gasteiger partial charge on any atom is -0.482 e. The molecular formula is C18H17N5O3S2. The van der Waals surface area contributed by atoms with Crippen LogP contribution in [0.4, 0.5) is 10.8 Å². The average molecular weight is 416 g/mol. The second-order valence-corrected chi connectivity index (χ2v) is 8.85. The van der Waals surface area contributed by atoms with Crippen LogP contribution >= 0.6 is 22.7 Å². The summed E-state index contributed by atoms with van der Waals surface area (Å²) in [5, 5.41) is 12.6. The zero-order valence-electron chi connectivity index (χ0n) is 15.5. The third-order valence-corrected chi connectivity index (χ3v) is 5.79. The number of benzene rings is 1. The fourth-order valence-corrected chi connectivity index (χ4v) is 4.42. The maximum atomic E-state index is 12.4. The summed E-state index contributed by atoms with van der Waals surface area (Å²) in [4.78, 5) is 32.0. The molecule has 0 unspecified atom stereocenters. The molecule has 0 aliphatic carbocycles. The van der Waals surface area contributed by atoms with Gasteiger partial charge in [-0.15, -0.1) is 21.5 Å². The van der Waals surface area contributed by atoms with Gasteiger partial charge in [0.25, 0.3) is 5.91 Å². The van der Waals surface area contributed by atoms with Crippen LogP contribution in [-0.2, 0) is 9.59 Å². The number of carbonyl (C=O) groups is 2. The van der Waals surface area contributed by atoms with Crippen molar-refractivity contribution in [2.24, 2.45) is 0 Å². The van der Waals surface area contributed by atoms with Crippen molar-refractivity contribution in [2.75, 3.05) is 23.4 Å². The number of rotatable bonds is 4. The molecule has 0 radical (unpaired) electrons. The standard InChI is InChI=1S/C18H17N5O3S2/c1-9-17(19-10(2)27-9)12-4-5-14-13(6-12)23(16(25)8-26-14)7-15(24)20-18-22-21-11(3)28-18/h4-6H,7-8H2,1-3H3,(H,20,22,24). The molecule has 2 aromatic heterocycles. The highest BCUT2D eigenvalue weighted by molar-refractivity contribution is 7.15. The van der Waals surface area contributed by atoms with E-state index in [1.54, 1.807) is 18.3 Å². The van der Waals surface area contributed by atoms with Gasteiger partial charge in [0.1, 0.15) is 17.3 Å². The number of hydrogen-bond acceptors (Lipinski definition) is 8. The van der Waals surface area contributed by atoms with Gasteiger partial charge in [-0.25, -0.2) is 4.98 Å². The van der Waals surface area contributed by atoms with Gasteiger partial charge in [-0.2, -0.15) is 0 Å². The van der Waals surface area contributed by atoms with Gasteiger partial charge in [0, 0.05) is 10.4 Å². The van der Waals surface area contributed by atoms with E-state index >= 15 is 0 Å². The number of nitrogens with zero attached hydrogens (tertiary/aromatic N) is 4. The Bertz CT molecular complexity index is 1080. The van der Waals surface area contributed by atoms with Crippen molar-refractivity contribution in [3.8, 4) is 17.0 Å². The Morgan fingerprint density at radius 3 is 2.71 bits per heavy atom. The molecule has 144 valence electrons. The minimum absolute atomic E-state index is 0.105. The molecule has 2 amide bonds. The summed E-state index contributed by atoms with van der Waals surface area (Å²) >= 11 is 2.90. The third-order valence-electron chi connectivity index (χ3n) is 4.15. The second-order valence-electron chi connectivity index (χ2n) is 6.26. The summed E-state index contributed by atoms with van der Waals surface area (Å²) in [6.45, 7) is 5.53. The second kappa shape index (κ2) is 7.28. The van der Waals surface area contributed by atoms with Crippen molar-refractivity contribution in [1.29, 1.82) is 0 Å². The summed E-state index contributed by atoms with van der Waals surface area (Å²) in [5.41, 5.74) is 2.31. The molecule has 3 heterocycles. The lowest BCUT2D eigenvalue weighted by molar-refractivity contribution is -0.123. The van der Waals surface area contributed by atoms with Crippen molar-refractivity contribution in [1.82, 2.24) is 15.2 Å². The summed E-state index contributed by atoms with van der Waals surface area (Å²) in [7, 11) is 0. The van der Waals surface area contributed by atoms with E-state index in [-0.39, 0.29) is 25.0 Å². The summed E-state index contributed by atoms with van der Waals surface area (Å²) in [5.74, 6) is -0.0598. The Labute approximate surface area is 169 Å². The van der Waals surface area contributed by atoms with Gasteiger partial charge in [0.2, 0.25) is 11.0 Å². The van der Waals surface area contributed by atoms with Crippen molar-refractivity contribution in [2.45, 2.75) is 20.8 Å². The van der Waals surface area contributed by atoms with Gasteiger partial charge in [0.05, 0.1) is 16.4 Å². The van der Waals surface area contributed by atoms with Gasteiger partial charge in [-0.05, 0) is 39.0 Å². The lowest BCUT2D eigenvalue weighted by atomic mass is 10.1. The number of anilines is 2. The normalized spacial score (nSPS) is 13.2. The largest absolute Gasteiger partial charge is 0.482 e. The zero-order valence-corrected chi connectivity index (χ0v) is 17.1. The lowest BCUT2D eigenvalue weighted by Crippen LogP contribution is -2.43. The molecular weight excluding hydrogens is 398 g/mol. The SMILES string of the molecule is Cc1nnc(NC(=O)CN2C(=O)COc3ccc(-c4nc(C)sc4C)cc32)s1. The Morgan fingerprint density at radius 1 is 1.21 bits per heavy atom. The quantitative estimate of drug-likeness (QED) is 0.704. The van der Waals surface area contributed by atoms with Crippen LogP contribution in [0.3, 0.4) is 0 Å². The number of aryl methyl sites for hydroxylation is 3. The van der Waals surface area contributed by atoms with Crippen molar-refractivity contribution in [3.05, 3.63) is 33.1 Å². The first-order valence-electron chi connectivity index (χ1n) is 8.52. The van der Waals surface area contributed by atoms with Crippen molar-refractivity contribution < 1.29 is 14.3 Å². The monoisotopic (exact) mass is 415 g/mol. The molecule has 0 bridgehead atoms. The molecule has 0 atom stereocenters. The van der Waals surface area contributed by atoms with Crippen LogP contribution in [0.15, 0.2) is 18.2 Å². The van der Waals surface area contributed by atoms with E-state index in [0.29, 0.717) is 16.6 Å². The number of ether oxygens (including phenoxy) is 1. The summed E-state index contributed by atoms with van der Waals surface area (Å²) in [6.07, 6.45) is 0. The Balaban J connectivity index is 1.62. The maximum Gasteiger partial charge on any atom is 0.265 e. The fourth-order valence-electron chi connectivity index (χ4n) is 2.97. The van der Waals surface area contributed by atoms with E-state index in [2.05, 4.69) is 20.5 Å². The Hall–Kier alpha value is -2.85. The Kier molecular flexibility index (Phi) is 4.82. The third kappa shape index (κ3) is 3.60. The first-order chi connectivity index (χ1) is 13.4. The van der Waals surface area contributed by atoms with Crippen LogP contribution in [0, 0.1) is 20.8 Å². The number of thiazole rings is 1. The van der Waals surface area contributed by atoms with E-state index < -0.39 is 0 Å². The van der Waals surface area contributed by atoms with E-state index in [1.165, 1.54) is 16.2 Å². The van der Waals surface area contributed by atoms with Crippen LogP contribution in [-0.4, -0.2) is 40.1 Å². The molecule has 10 heteroatoms. The molecule has 8 nitrogen and oxygen atoms in total. The molecule has 3 aromatic rings. The molecule has 28 heavy (non-hydrogen) atoms. The molecule has 0 saturated carbocycles. The smallest absolute Gasteiger partial charge is 0.265 e. The van der Waals surface area contributed by atoms with E-state index in [1.807, 2.05) is 32.0 Å². The summed E-state index contributed by atoms with van der Waals surface area (Å²) in [6, 6.07) is 5.57. The molecule has 1 aliphatic heterocycles. The molecule has 4 rings (SSSR count). The number of amides is 2. The molecule has 1 N–H and O–H groups in total. The highest BCUT2D eigenvalue weighted by Gasteiger charge is 2.28. The average Bonchev–Trinajstić information content (AvgIpc) is 3.21. The molecule has 0 fully saturated rings. The number of nitrogens with one attached hydrogen (secondary N) is 1. The van der Waals surface area contributed by atoms with Gasteiger partial charge < -0.3 is 4.74 Å². The molecule has 0 spiro atoms. The first kappa shape index (κ1) is 18.5. The maximum absolute atomic E-state index is 12.4. The predicted octanol–water partition coefficient (Wildman–Crippen LogP) is 2.95. The number of carbonyl (C=O) groups excluding carboxylic acids is 2. The number of aromatic nitrogens is 3. The molecule has 1 aromatic carbocycles. The minimum atomic E-state index is -0.344. The van der Waals surface area contributed by atoms with Crippen molar-refractivity contribution >= 4 is 45.3 Å². The lowest BCUT2D eigenvalue weighted by Gasteiger charge is -2.29. The van der Waals surface area contributed by atoms with Crippen LogP contribution < -0.4 is 15.0 Å². The van der Waals surface area contributed by atoms with Gasteiger partial charge >= 0.3 is 0 Å².